The number of hydrogen-bond donors (Lipinski definition) is 1. The molecule has 0 radical (unpaired) electrons. The molecule has 2 aromatic rings. The number of carbonyl (C=O) groups excluding carboxylic acids is 1. The van der Waals surface area contributed by atoms with E-state index >= 15 is 0 Å². The molecule has 132 valence electrons. The molecule has 1 atom stereocenters. The second-order valence-corrected chi connectivity index (χ2v) is 6.31. The van der Waals surface area contributed by atoms with E-state index in [2.05, 4.69) is 5.32 Å². The van der Waals surface area contributed by atoms with Crippen molar-refractivity contribution in [2.24, 2.45) is 0 Å². The van der Waals surface area contributed by atoms with Gasteiger partial charge in [-0.25, -0.2) is 13.2 Å². The fraction of sp³-hybridized carbons (Fsp3) is 0.316. The Morgan fingerprint density at radius 2 is 1.96 bits per heavy atom. The Hall–Kier alpha value is -2.50. The molecule has 1 heterocycles. The summed E-state index contributed by atoms with van der Waals surface area (Å²) in [7, 11) is 0. The van der Waals surface area contributed by atoms with Crippen LogP contribution in [0.3, 0.4) is 0 Å². The van der Waals surface area contributed by atoms with E-state index in [0.717, 1.165) is 18.1 Å². The minimum absolute atomic E-state index is 0.260. The van der Waals surface area contributed by atoms with Crippen LogP contribution in [-0.2, 0) is 0 Å². The first kappa shape index (κ1) is 17.3. The van der Waals surface area contributed by atoms with Crippen molar-refractivity contribution in [1.29, 1.82) is 0 Å². The second kappa shape index (κ2) is 7.17. The Morgan fingerprint density at radius 3 is 2.76 bits per heavy atom. The van der Waals surface area contributed by atoms with Gasteiger partial charge in [0.05, 0.1) is 11.3 Å². The van der Waals surface area contributed by atoms with E-state index in [1.54, 1.807) is 12.1 Å². The Balaban J connectivity index is 1.72. The Kier molecular flexibility index (Phi) is 4.97. The fourth-order valence-corrected chi connectivity index (χ4v) is 3.12. The lowest BCUT2D eigenvalue weighted by atomic mass is 10.0. The van der Waals surface area contributed by atoms with Gasteiger partial charge in [0.25, 0.3) is 5.91 Å². The summed E-state index contributed by atoms with van der Waals surface area (Å²) in [5, 5.41) is 2.73. The number of piperidine rings is 1. The highest BCUT2D eigenvalue weighted by Gasteiger charge is 2.25. The van der Waals surface area contributed by atoms with Gasteiger partial charge in [-0.15, -0.1) is 0 Å². The van der Waals surface area contributed by atoms with E-state index in [1.807, 2.05) is 11.8 Å². The molecular formula is C19H19F3N2O. The molecule has 0 aromatic heterocycles. The standard InChI is InChI=1S/C19H19F3N2O/c1-12-7-8-15(20)17(10-12)24-9-3-4-13(11-24)23-19(25)14-5-2-6-16(21)18(14)22/h2,5-8,10,13H,3-4,9,11H2,1H3,(H,23,25). The van der Waals surface area contributed by atoms with Crippen LogP contribution in [0.1, 0.15) is 28.8 Å². The highest BCUT2D eigenvalue weighted by molar-refractivity contribution is 5.94. The van der Waals surface area contributed by atoms with Crippen molar-refractivity contribution >= 4 is 11.6 Å². The van der Waals surface area contributed by atoms with Gasteiger partial charge < -0.3 is 10.2 Å². The van der Waals surface area contributed by atoms with Crippen molar-refractivity contribution in [2.45, 2.75) is 25.8 Å². The molecule has 2 aromatic carbocycles. The minimum atomic E-state index is -1.16. The molecular weight excluding hydrogens is 329 g/mol. The highest BCUT2D eigenvalue weighted by atomic mass is 19.2. The van der Waals surface area contributed by atoms with Crippen LogP contribution in [0.5, 0.6) is 0 Å². The van der Waals surface area contributed by atoms with Crippen LogP contribution in [0.2, 0.25) is 0 Å². The van der Waals surface area contributed by atoms with E-state index in [9.17, 15) is 18.0 Å². The third-order valence-corrected chi connectivity index (χ3v) is 4.40. The largest absolute Gasteiger partial charge is 0.367 e. The zero-order valence-corrected chi connectivity index (χ0v) is 13.9. The first-order chi connectivity index (χ1) is 12.0. The zero-order valence-electron chi connectivity index (χ0n) is 13.9. The molecule has 1 N–H and O–H groups in total. The molecule has 3 rings (SSSR count). The van der Waals surface area contributed by atoms with Gasteiger partial charge in [0, 0.05) is 19.1 Å². The van der Waals surface area contributed by atoms with E-state index in [-0.39, 0.29) is 17.4 Å². The molecule has 0 bridgehead atoms. The fourth-order valence-electron chi connectivity index (χ4n) is 3.12. The van der Waals surface area contributed by atoms with Crippen molar-refractivity contribution < 1.29 is 18.0 Å². The number of halogens is 3. The third kappa shape index (κ3) is 3.78. The first-order valence-electron chi connectivity index (χ1n) is 8.21. The molecule has 0 spiro atoms. The predicted molar refractivity (Wildman–Crippen MR) is 90.2 cm³/mol. The van der Waals surface area contributed by atoms with E-state index in [4.69, 9.17) is 0 Å². The molecule has 1 aliphatic rings. The van der Waals surface area contributed by atoms with Gasteiger partial charge in [0.15, 0.2) is 11.6 Å². The summed E-state index contributed by atoms with van der Waals surface area (Å²) in [6, 6.07) is 8.14. The maximum Gasteiger partial charge on any atom is 0.254 e. The Morgan fingerprint density at radius 1 is 1.16 bits per heavy atom. The number of aryl methyl sites for hydroxylation is 1. The SMILES string of the molecule is Cc1ccc(F)c(N2CCCC(NC(=O)c3cccc(F)c3F)C2)c1. The Labute approximate surface area is 144 Å². The lowest BCUT2D eigenvalue weighted by molar-refractivity contribution is 0.0928. The van der Waals surface area contributed by atoms with Crippen LogP contribution in [0.15, 0.2) is 36.4 Å². The quantitative estimate of drug-likeness (QED) is 0.915. The molecule has 25 heavy (non-hydrogen) atoms. The van der Waals surface area contributed by atoms with Gasteiger partial charge in [-0.1, -0.05) is 12.1 Å². The summed E-state index contributed by atoms with van der Waals surface area (Å²) in [5.74, 6) is -3.18. The highest BCUT2D eigenvalue weighted by Crippen LogP contribution is 2.24. The van der Waals surface area contributed by atoms with Gasteiger partial charge in [-0.2, -0.15) is 0 Å². The normalized spacial score (nSPS) is 17.4. The monoisotopic (exact) mass is 348 g/mol. The average molecular weight is 348 g/mol. The predicted octanol–water partition coefficient (Wildman–Crippen LogP) is 3.81. The van der Waals surface area contributed by atoms with Crippen molar-refractivity contribution in [2.75, 3.05) is 18.0 Å². The topological polar surface area (TPSA) is 32.3 Å². The molecule has 0 saturated carbocycles. The molecule has 1 fully saturated rings. The number of anilines is 1. The van der Waals surface area contributed by atoms with E-state index < -0.39 is 17.5 Å². The number of hydrogen-bond acceptors (Lipinski definition) is 2. The molecule has 1 saturated heterocycles. The zero-order chi connectivity index (χ0) is 18.0. The number of nitrogens with zero attached hydrogens (tertiary/aromatic N) is 1. The molecule has 3 nitrogen and oxygen atoms in total. The van der Waals surface area contributed by atoms with Gasteiger partial charge >= 0.3 is 0 Å². The summed E-state index contributed by atoms with van der Waals surface area (Å²) in [6.45, 7) is 2.99. The van der Waals surface area contributed by atoms with Crippen molar-refractivity contribution in [1.82, 2.24) is 5.32 Å². The Bertz CT molecular complexity index is 794. The van der Waals surface area contributed by atoms with Gasteiger partial charge in [-0.05, 0) is 49.6 Å². The summed E-state index contributed by atoms with van der Waals surface area (Å²) in [4.78, 5) is 14.1. The van der Waals surface area contributed by atoms with Crippen LogP contribution in [-0.4, -0.2) is 25.0 Å². The van der Waals surface area contributed by atoms with Crippen molar-refractivity contribution in [3.8, 4) is 0 Å². The molecule has 0 aliphatic carbocycles. The van der Waals surface area contributed by atoms with Crippen LogP contribution in [0.25, 0.3) is 0 Å². The van der Waals surface area contributed by atoms with Gasteiger partial charge in [-0.3, -0.25) is 4.79 Å². The lowest BCUT2D eigenvalue weighted by Crippen LogP contribution is -2.48. The third-order valence-electron chi connectivity index (χ3n) is 4.40. The number of amides is 1. The maximum absolute atomic E-state index is 14.1. The van der Waals surface area contributed by atoms with E-state index in [1.165, 1.54) is 18.2 Å². The van der Waals surface area contributed by atoms with Crippen LogP contribution in [0, 0.1) is 24.4 Å². The first-order valence-corrected chi connectivity index (χ1v) is 8.21. The van der Waals surface area contributed by atoms with Crippen molar-refractivity contribution in [3.05, 3.63) is 65.0 Å². The van der Waals surface area contributed by atoms with Gasteiger partial charge in [0.2, 0.25) is 0 Å². The van der Waals surface area contributed by atoms with Crippen LogP contribution >= 0.6 is 0 Å². The molecule has 1 unspecified atom stereocenters. The summed E-state index contributed by atoms with van der Waals surface area (Å²) in [5.41, 5.74) is 1.12. The molecule has 6 heteroatoms. The number of carbonyl (C=O) groups is 1. The molecule has 1 amide bonds. The average Bonchev–Trinajstić information content (AvgIpc) is 2.59. The van der Waals surface area contributed by atoms with Crippen LogP contribution < -0.4 is 10.2 Å². The van der Waals surface area contributed by atoms with Gasteiger partial charge in [0.1, 0.15) is 5.82 Å². The minimum Gasteiger partial charge on any atom is -0.367 e. The number of rotatable bonds is 3. The van der Waals surface area contributed by atoms with E-state index in [0.29, 0.717) is 25.2 Å². The number of benzene rings is 2. The lowest BCUT2D eigenvalue weighted by Gasteiger charge is -2.35. The summed E-state index contributed by atoms with van der Waals surface area (Å²) in [6.07, 6.45) is 1.47. The summed E-state index contributed by atoms with van der Waals surface area (Å²) >= 11 is 0. The number of nitrogens with one attached hydrogen (secondary N) is 1. The maximum atomic E-state index is 14.1. The van der Waals surface area contributed by atoms with Crippen LogP contribution in [0.4, 0.5) is 18.9 Å². The second-order valence-electron chi connectivity index (χ2n) is 6.31. The summed E-state index contributed by atoms with van der Waals surface area (Å²) < 4.78 is 41.1. The molecule has 1 aliphatic heterocycles. The van der Waals surface area contributed by atoms with Crippen molar-refractivity contribution in [3.63, 3.8) is 0 Å². The smallest absolute Gasteiger partial charge is 0.254 e.